The van der Waals surface area contributed by atoms with Crippen molar-refractivity contribution in [3.63, 3.8) is 0 Å². The summed E-state index contributed by atoms with van der Waals surface area (Å²) in [5, 5.41) is 2.77. The largest absolute Gasteiger partial charge is 0.494 e. The van der Waals surface area contributed by atoms with Gasteiger partial charge < -0.3 is 15.0 Å². The van der Waals surface area contributed by atoms with Crippen LogP contribution in [0.15, 0.2) is 48.5 Å². The van der Waals surface area contributed by atoms with Crippen LogP contribution in [0.25, 0.3) is 0 Å². The second-order valence-corrected chi connectivity index (χ2v) is 6.17. The molecule has 136 valence electrons. The lowest BCUT2D eigenvalue weighted by atomic mass is 10.1. The summed E-state index contributed by atoms with van der Waals surface area (Å²) in [5.41, 5.74) is 2.43. The Hall–Kier alpha value is -3.02. The molecule has 0 unspecified atom stereocenters. The van der Waals surface area contributed by atoms with Gasteiger partial charge in [-0.15, -0.1) is 0 Å². The number of anilines is 1. The standard InChI is InChI=1S/C20H23N3O3/c1-3-26-18-10-4-15(5-11-18)14-22(2)19(24)16-6-8-17(9-7-16)23-13-12-21-20(23)25/h4-11H,3,12-14H2,1-2H3,(H,21,25). The van der Waals surface area contributed by atoms with Crippen LogP contribution < -0.4 is 15.0 Å². The first-order valence-electron chi connectivity index (χ1n) is 8.71. The van der Waals surface area contributed by atoms with Crippen LogP contribution in [0.1, 0.15) is 22.8 Å². The summed E-state index contributed by atoms with van der Waals surface area (Å²) in [6.45, 7) is 4.38. The van der Waals surface area contributed by atoms with E-state index in [1.807, 2.05) is 43.3 Å². The molecule has 1 aliphatic heterocycles. The summed E-state index contributed by atoms with van der Waals surface area (Å²) >= 11 is 0. The predicted molar refractivity (Wildman–Crippen MR) is 101 cm³/mol. The third kappa shape index (κ3) is 3.96. The summed E-state index contributed by atoms with van der Waals surface area (Å²) in [7, 11) is 1.78. The van der Waals surface area contributed by atoms with Gasteiger partial charge in [-0.05, 0) is 48.9 Å². The maximum atomic E-state index is 12.6. The summed E-state index contributed by atoms with van der Waals surface area (Å²) in [6.07, 6.45) is 0. The molecule has 0 spiro atoms. The number of benzene rings is 2. The van der Waals surface area contributed by atoms with Crippen molar-refractivity contribution in [2.24, 2.45) is 0 Å². The summed E-state index contributed by atoms with van der Waals surface area (Å²) < 4.78 is 5.43. The van der Waals surface area contributed by atoms with Gasteiger partial charge in [0.15, 0.2) is 0 Å². The van der Waals surface area contributed by atoms with Gasteiger partial charge in [-0.2, -0.15) is 0 Å². The molecule has 1 N–H and O–H groups in total. The monoisotopic (exact) mass is 353 g/mol. The van der Waals surface area contributed by atoms with Crippen LogP contribution in [0.4, 0.5) is 10.5 Å². The predicted octanol–water partition coefficient (Wildman–Crippen LogP) is 2.89. The smallest absolute Gasteiger partial charge is 0.321 e. The molecule has 26 heavy (non-hydrogen) atoms. The van der Waals surface area contributed by atoms with Crippen molar-refractivity contribution < 1.29 is 14.3 Å². The van der Waals surface area contributed by atoms with E-state index in [4.69, 9.17) is 4.74 Å². The Morgan fingerprint density at radius 3 is 2.42 bits per heavy atom. The van der Waals surface area contributed by atoms with Crippen LogP contribution in [-0.2, 0) is 6.54 Å². The van der Waals surface area contributed by atoms with Crippen LogP contribution in [0.5, 0.6) is 5.75 Å². The zero-order valence-corrected chi connectivity index (χ0v) is 15.1. The molecular formula is C20H23N3O3. The highest BCUT2D eigenvalue weighted by molar-refractivity contribution is 5.96. The van der Waals surface area contributed by atoms with Crippen molar-refractivity contribution >= 4 is 17.6 Å². The van der Waals surface area contributed by atoms with Crippen LogP contribution >= 0.6 is 0 Å². The number of nitrogens with zero attached hydrogens (tertiary/aromatic N) is 2. The molecule has 0 atom stereocenters. The molecule has 3 rings (SSSR count). The Kier molecular flexibility index (Phi) is 5.41. The van der Waals surface area contributed by atoms with Gasteiger partial charge in [-0.25, -0.2) is 4.79 Å². The fourth-order valence-corrected chi connectivity index (χ4v) is 2.93. The van der Waals surface area contributed by atoms with Crippen molar-refractivity contribution in [2.75, 3.05) is 31.6 Å². The maximum absolute atomic E-state index is 12.6. The number of hydrogen-bond donors (Lipinski definition) is 1. The van der Waals surface area contributed by atoms with E-state index in [-0.39, 0.29) is 11.9 Å². The van der Waals surface area contributed by atoms with E-state index < -0.39 is 0 Å². The van der Waals surface area contributed by atoms with E-state index in [1.54, 1.807) is 29.0 Å². The Morgan fingerprint density at radius 2 is 1.85 bits per heavy atom. The first-order valence-corrected chi connectivity index (χ1v) is 8.71. The van der Waals surface area contributed by atoms with Gasteiger partial charge in [0.1, 0.15) is 5.75 Å². The van der Waals surface area contributed by atoms with Crippen molar-refractivity contribution in [1.82, 2.24) is 10.2 Å². The fraction of sp³-hybridized carbons (Fsp3) is 0.300. The molecule has 1 aliphatic rings. The average molecular weight is 353 g/mol. The zero-order valence-electron chi connectivity index (χ0n) is 15.1. The van der Waals surface area contributed by atoms with Gasteiger partial charge in [0.25, 0.3) is 5.91 Å². The van der Waals surface area contributed by atoms with E-state index in [0.717, 1.165) is 17.0 Å². The van der Waals surface area contributed by atoms with E-state index in [2.05, 4.69) is 5.32 Å². The number of rotatable bonds is 6. The second kappa shape index (κ2) is 7.91. The van der Waals surface area contributed by atoms with E-state index in [1.165, 1.54) is 0 Å². The minimum absolute atomic E-state index is 0.0590. The van der Waals surface area contributed by atoms with Gasteiger partial charge in [0.05, 0.1) is 6.61 Å². The Bertz CT molecular complexity index is 772. The molecule has 0 radical (unpaired) electrons. The topological polar surface area (TPSA) is 61.9 Å². The molecule has 0 bridgehead atoms. The van der Waals surface area contributed by atoms with Gasteiger partial charge in [-0.1, -0.05) is 12.1 Å². The molecular weight excluding hydrogens is 330 g/mol. The first kappa shape index (κ1) is 17.8. The minimum atomic E-state index is -0.100. The van der Waals surface area contributed by atoms with Crippen molar-refractivity contribution in [3.8, 4) is 5.75 Å². The van der Waals surface area contributed by atoms with Crippen molar-refractivity contribution in [3.05, 3.63) is 59.7 Å². The summed E-state index contributed by atoms with van der Waals surface area (Å²) in [6, 6.07) is 14.8. The van der Waals surface area contributed by atoms with E-state index in [0.29, 0.717) is 31.8 Å². The molecule has 0 aliphatic carbocycles. The highest BCUT2D eigenvalue weighted by Gasteiger charge is 2.21. The Morgan fingerprint density at radius 1 is 1.15 bits per heavy atom. The molecule has 3 amide bonds. The molecule has 0 aromatic heterocycles. The van der Waals surface area contributed by atoms with Gasteiger partial charge in [0, 0.05) is 37.9 Å². The van der Waals surface area contributed by atoms with Crippen LogP contribution in [0, 0.1) is 0 Å². The van der Waals surface area contributed by atoms with E-state index in [9.17, 15) is 9.59 Å². The third-order valence-electron chi connectivity index (χ3n) is 4.28. The number of carbonyl (C=O) groups excluding carboxylic acids is 2. The molecule has 1 fully saturated rings. The highest BCUT2D eigenvalue weighted by Crippen LogP contribution is 2.19. The number of hydrogen-bond acceptors (Lipinski definition) is 3. The molecule has 0 saturated carbocycles. The SMILES string of the molecule is CCOc1ccc(CN(C)C(=O)c2ccc(N3CCNC3=O)cc2)cc1. The number of amides is 3. The normalized spacial score (nSPS) is 13.5. The van der Waals surface area contributed by atoms with Gasteiger partial charge in [0.2, 0.25) is 0 Å². The van der Waals surface area contributed by atoms with Crippen LogP contribution in [0.2, 0.25) is 0 Å². The van der Waals surface area contributed by atoms with Crippen LogP contribution in [0.3, 0.4) is 0 Å². The van der Waals surface area contributed by atoms with Crippen LogP contribution in [-0.4, -0.2) is 43.6 Å². The Labute approximate surface area is 153 Å². The minimum Gasteiger partial charge on any atom is -0.494 e. The molecule has 2 aromatic rings. The van der Waals surface area contributed by atoms with Gasteiger partial charge in [-0.3, -0.25) is 9.69 Å². The lowest BCUT2D eigenvalue weighted by Crippen LogP contribution is -2.28. The fourth-order valence-electron chi connectivity index (χ4n) is 2.93. The lowest BCUT2D eigenvalue weighted by Gasteiger charge is -2.19. The summed E-state index contributed by atoms with van der Waals surface area (Å²) in [5.74, 6) is 0.767. The maximum Gasteiger partial charge on any atom is 0.321 e. The number of urea groups is 1. The third-order valence-corrected chi connectivity index (χ3v) is 4.28. The van der Waals surface area contributed by atoms with E-state index >= 15 is 0 Å². The number of carbonyl (C=O) groups is 2. The Balaban J connectivity index is 1.63. The molecule has 6 heteroatoms. The summed E-state index contributed by atoms with van der Waals surface area (Å²) in [4.78, 5) is 27.7. The quantitative estimate of drug-likeness (QED) is 0.869. The number of ether oxygens (including phenoxy) is 1. The highest BCUT2D eigenvalue weighted by atomic mass is 16.5. The first-order chi connectivity index (χ1) is 12.6. The molecule has 1 saturated heterocycles. The van der Waals surface area contributed by atoms with Crippen molar-refractivity contribution in [2.45, 2.75) is 13.5 Å². The van der Waals surface area contributed by atoms with Gasteiger partial charge >= 0.3 is 6.03 Å². The lowest BCUT2D eigenvalue weighted by molar-refractivity contribution is 0.0785. The molecule has 2 aromatic carbocycles. The number of nitrogens with one attached hydrogen (secondary N) is 1. The van der Waals surface area contributed by atoms with Crippen molar-refractivity contribution in [1.29, 1.82) is 0 Å². The molecule has 1 heterocycles. The molecule has 6 nitrogen and oxygen atoms in total. The zero-order chi connectivity index (χ0) is 18.5. The second-order valence-electron chi connectivity index (χ2n) is 6.17. The average Bonchev–Trinajstić information content (AvgIpc) is 3.09.